The number of nitrogens with one attached hydrogen (secondary N) is 1. The molecule has 1 aromatic rings. The van der Waals surface area contributed by atoms with E-state index in [1.165, 1.54) is 6.92 Å². The number of carboxylic acids is 1. The number of hydrogen-bond acceptors (Lipinski definition) is 3. The third-order valence-corrected chi connectivity index (χ3v) is 5.06. The van der Waals surface area contributed by atoms with Crippen molar-refractivity contribution in [3.05, 3.63) is 29.1 Å². The lowest BCUT2D eigenvalue weighted by atomic mass is 9.91. The Morgan fingerprint density at radius 1 is 1.38 bits per heavy atom. The molecule has 0 saturated carbocycles. The van der Waals surface area contributed by atoms with Gasteiger partial charge in [0.2, 0.25) is 10.0 Å². The molecular weight excluding hydrogens is 297 g/mol. The molecule has 0 aliphatic heterocycles. The van der Waals surface area contributed by atoms with Crippen molar-refractivity contribution >= 4 is 16.0 Å². The summed E-state index contributed by atoms with van der Waals surface area (Å²) in [6.45, 7) is 7.22. The molecule has 0 radical (unpaired) electrons. The summed E-state index contributed by atoms with van der Waals surface area (Å²) in [6, 6.07) is 1.79. The van der Waals surface area contributed by atoms with E-state index in [0.717, 1.165) is 18.6 Å². The van der Waals surface area contributed by atoms with Crippen LogP contribution in [0.4, 0.5) is 4.39 Å². The Morgan fingerprint density at radius 3 is 2.43 bits per heavy atom. The second-order valence-electron chi connectivity index (χ2n) is 5.73. The van der Waals surface area contributed by atoms with Crippen LogP contribution >= 0.6 is 0 Å². The van der Waals surface area contributed by atoms with Crippen molar-refractivity contribution in [2.75, 3.05) is 6.54 Å². The lowest BCUT2D eigenvalue weighted by molar-refractivity contribution is 0.0696. The largest absolute Gasteiger partial charge is 0.478 e. The Labute approximate surface area is 124 Å². The number of benzene rings is 1. The van der Waals surface area contributed by atoms with Crippen molar-refractivity contribution in [2.45, 2.75) is 39.0 Å². The lowest BCUT2D eigenvalue weighted by Gasteiger charge is -2.23. The van der Waals surface area contributed by atoms with E-state index in [0.29, 0.717) is 0 Å². The summed E-state index contributed by atoms with van der Waals surface area (Å²) in [5.41, 5.74) is -0.737. The Morgan fingerprint density at radius 2 is 1.95 bits per heavy atom. The molecule has 0 heterocycles. The van der Waals surface area contributed by atoms with Gasteiger partial charge in [-0.3, -0.25) is 0 Å². The van der Waals surface area contributed by atoms with Crippen molar-refractivity contribution in [2.24, 2.45) is 5.41 Å². The summed E-state index contributed by atoms with van der Waals surface area (Å²) >= 11 is 0. The molecule has 7 heteroatoms. The zero-order chi connectivity index (χ0) is 16.4. The minimum atomic E-state index is -3.97. The zero-order valence-corrected chi connectivity index (χ0v) is 13.3. The van der Waals surface area contributed by atoms with Gasteiger partial charge in [0.25, 0.3) is 0 Å². The van der Waals surface area contributed by atoms with Gasteiger partial charge in [0.15, 0.2) is 0 Å². The molecule has 0 spiro atoms. The van der Waals surface area contributed by atoms with E-state index in [2.05, 4.69) is 4.72 Å². The average Bonchev–Trinajstić information content (AvgIpc) is 2.39. The van der Waals surface area contributed by atoms with Crippen LogP contribution < -0.4 is 4.72 Å². The molecule has 0 aliphatic carbocycles. The molecule has 0 aliphatic rings. The number of aromatic carboxylic acids is 1. The second-order valence-corrected chi connectivity index (χ2v) is 7.46. The molecule has 0 fully saturated rings. The molecule has 0 atom stereocenters. The van der Waals surface area contributed by atoms with Gasteiger partial charge in [0.1, 0.15) is 5.82 Å². The Kier molecular flexibility index (Phi) is 5.11. The SMILES string of the molecule is CCC(C)(C)CNS(=O)(=O)c1cc(C(=O)O)cc(F)c1C. The maximum atomic E-state index is 13.7. The second kappa shape index (κ2) is 6.11. The number of carboxylic acid groups (broad SMARTS) is 1. The predicted octanol–water partition coefficient (Wildman–Crippen LogP) is 2.55. The van der Waals surface area contributed by atoms with Gasteiger partial charge in [-0.25, -0.2) is 22.3 Å². The monoisotopic (exact) mass is 317 g/mol. The molecule has 0 saturated heterocycles. The van der Waals surface area contributed by atoms with E-state index in [4.69, 9.17) is 5.11 Å². The average molecular weight is 317 g/mol. The van der Waals surface area contributed by atoms with E-state index < -0.39 is 27.4 Å². The van der Waals surface area contributed by atoms with Crippen LogP contribution in [0.25, 0.3) is 0 Å². The van der Waals surface area contributed by atoms with E-state index in [9.17, 15) is 17.6 Å². The normalized spacial score (nSPS) is 12.4. The van der Waals surface area contributed by atoms with Crippen molar-refractivity contribution in [3.8, 4) is 0 Å². The number of hydrogen-bond donors (Lipinski definition) is 2. The first-order valence-electron chi connectivity index (χ1n) is 6.53. The number of sulfonamides is 1. The van der Waals surface area contributed by atoms with Crippen LogP contribution in [0.5, 0.6) is 0 Å². The Balaban J connectivity index is 3.22. The van der Waals surface area contributed by atoms with Gasteiger partial charge in [0, 0.05) is 12.1 Å². The van der Waals surface area contributed by atoms with Crippen LogP contribution in [0, 0.1) is 18.2 Å². The third kappa shape index (κ3) is 4.25. The molecule has 0 unspecified atom stereocenters. The highest BCUT2D eigenvalue weighted by Crippen LogP contribution is 2.23. The fourth-order valence-electron chi connectivity index (χ4n) is 1.55. The van der Waals surface area contributed by atoms with Crippen molar-refractivity contribution in [1.29, 1.82) is 0 Å². The quantitative estimate of drug-likeness (QED) is 0.844. The molecule has 118 valence electrons. The summed E-state index contributed by atoms with van der Waals surface area (Å²) in [6.07, 6.45) is 0.762. The van der Waals surface area contributed by atoms with Crippen LogP contribution in [0.15, 0.2) is 17.0 Å². The minimum absolute atomic E-state index is 0.0956. The Bertz CT molecular complexity index is 653. The third-order valence-electron chi connectivity index (χ3n) is 3.53. The standard InChI is InChI=1S/C14H20FNO4S/c1-5-14(3,4)8-16-21(19,20)12-7-10(13(17)18)6-11(15)9(12)2/h6-7,16H,5,8H2,1-4H3,(H,17,18). The number of rotatable bonds is 6. The van der Waals surface area contributed by atoms with E-state index in [1.807, 2.05) is 20.8 Å². The predicted molar refractivity (Wildman–Crippen MR) is 77.4 cm³/mol. The van der Waals surface area contributed by atoms with Crippen LogP contribution in [0.2, 0.25) is 0 Å². The number of carbonyl (C=O) groups is 1. The highest BCUT2D eigenvalue weighted by Gasteiger charge is 2.24. The van der Waals surface area contributed by atoms with Gasteiger partial charge < -0.3 is 5.11 Å². The van der Waals surface area contributed by atoms with Gasteiger partial charge in [-0.2, -0.15) is 0 Å². The van der Waals surface area contributed by atoms with Crippen LogP contribution in [0.1, 0.15) is 43.1 Å². The van der Waals surface area contributed by atoms with Crippen molar-refractivity contribution < 1.29 is 22.7 Å². The topological polar surface area (TPSA) is 83.5 Å². The summed E-state index contributed by atoms with van der Waals surface area (Å²) in [5.74, 6) is -2.23. The van der Waals surface area contributed by atoms with Gasteiger partial charge in [0.05, 0.1) is 10.5 Å². The maximum absolute atomic E-state index is 13.7. The van der Waals surface area contributed by atoms with Crippen LogP contribution in [-0.4, -0.2) is 26.0 Å². The van der Waals surface area contributed by atoms with E-state index >= 15 is 0 Å². The van der Waals surface area contributed by atoms with Gasteiger partial charge >= 0.3 is 5.97 Å². The highest BCUT2D eigenvalue weighted by atomic mass is 32.2. The van der Waals surface area contributed by atoms with Gasteiger partial charge in [-0.1, -0.05) is 20.8 Å². The van der Waals surface area contributed by atoms with Gasteiger partial charge in [-0.05, 0) is 30.9 Å². The minimum Gasteiger partial charge on any atom is -0.478 e. The summed E-state index contributed by atoms with van der Waals surface area (Å²) in [7, 11) is -3.97. The first kappa shape index (κ1) is 17.6. The molecule has 1 aromatic carbocycles. The van der Waals surface area contributed by atoms with Crippen molar-refractivity contribution in [1.82, 2.24) is 4.72 Å². The summed E-state index contributed by atoms with van der Waals surface area (Å²) < 4.78 is 40.7. The molecule has 0 amide bonds. The fourth-order valence-corrected chi connectivity index (χ4v) is 3.07. The smallest absolute Gasteiger partial charge is 0.335 e. The first-order valence-corrected chi connectivity index (χ1v) is 8.01. The van der Waals surface area contributed by atoms with Crippen LogP contribution in [-0.2, 0) is 10.0 Å². The number of halogens is 1. The molecule has 21 heavy (non-hydrogen) atoms. The van der Waals surface area contributed by atoms with Crippen LogP contribution in [0.3, 0.4) is 0 Å². The Hall–Kier alpha value is -1.47. The highest BCUT2D eigenvalue weighted by molar-refractivity contribution is 7.89. The molecule has 0 bridgehead atoms. The lowest BCUT2D eigenvalue weighted by Crippen LogP contribution is -2.34. The molecule has 1 rings (SSSR count). The van der Waals surface area contributed by atoms with E-state index in [-0.39, 0.29) is 22.4 Å². The molecule has 5 nitrogen and oxygen atoms in total. The fraction of sp³-hybridized carbons (Fsp3) is 0.500. The van der Waals surface area contributed by atoms with Gasteiger partial charge in [-0.15, -0.1) is 0 Å². The molecule has 0 aromatic heterocycles. The first-order chi connectivity index (χ1) is 9.50. The summed E-state index contributed by atoms with van der Waals surface area (Å²) in [5, 5.41) is 8.91. The molecular formula is C14H20FNO4S. The van der Waals surface area contributed by atoms with E-state index in [1.54, 1.807) is 0 Å². The maximum Gasteiger partial charge on any atom is 0.335 e. The van der Waals surface area contributed by atoms with Crippen molar-refractivity contribution in [3.63, 3.8) is 0 Å². The zero-order valence-electron chi connectivity index (χ0n) is 12.5. The summed E-state index contributed by atoms with van der Waals surface area (Å²) in [4.78, 5) is 10.6. The molecule has 2 N–H and O–H groups in total.